The summed E-state index contributed by atoms with van der Waals surface area (Å²) in [4.78, 5) is 11.8. The van der Waals surface area contributed by atoms with Gasteiger partial charge in [-0.05, 0) is 43.9 Å². The van der Waals surface area contributed by atoms with Gasteiger partial charge in [0.15, 0.2) is 0 Å². The molecule has 0 aliphatic rings. The van der Waals surface area contributed by atoms with Gasteiger partial charge in [-0.2, -0.15) is 0 Å². The number of aryl methyl sites for hydroxylation is 2. The Balaban J connectivity index is 2.77. The molecule has 0 spiro atoms. The number of nitrogens with one attached hydrogen (secondary N) is 2. The third kappa shape index (κ3) is 3.91. The number of rotatable bonds is 3. The quantitative estimate of drug-likeness (QED) is 0.851. The molecule has 0 aliphatic heterocycles. The van der Waals surface area contributed by atoms with Crippen molar-refractivity contribution in [3.8, 4) is 0 Å². The van der Waals surface area contributed by atoms with Gasteiger partial charge in [-0.15, -0.1) is 0 Å². The fourth-order valence-electron chi connectivity index (χ4n) is 1.60. The van der Waals surface area contributed by atoms with Crippen LogP contribution in [0.4, 0.5) is 10.5 Å². The van der Waals surface area contributed by atoms with E-state index in [-0.39, 0.29) is 12.1 Å². The van der Waals surface area contributed by atoms with E-state index in [9.17, 15) is 4.79 Å². The number of hydrogen-bond donors (Lipinski definition) is 2. The lowest BCUT2D eigenvalue weighted by molar-refractivity contribution is 0.246. The molecular weight excluding hydrogens is 248 g/mol. The number of carbonyl (C=O) groups excluding carboxylic acids is 1. The summed E-state index contributed by atoms with van der Waals surface area (Å²) in [5.41, 5.74) is 2.72. The number of anilines is 1. The molecule has 0 saturated carbocycles. The van der Waals surface area contributed by atoms with Crippen LogP contribution in [0.5, 0.6) is 0 Å². The van der Waals surface area contributed by atoms with E-state index in [1.54, 1.807) is 0 Å². The van der Waals surface area contributed by atoms with Crippen LogP contribution in [0.15, 0.2) is 12.1 Å². The Bertz CT molecular complexity index is 420. The average Bonchev–Trinajstić information content (AvgIpc) is 2.23. The van der Waals surface area contributed by atoms with Gasteiger partial charge >= 0.3 is 6.03 Å². The summed E-state index contributed by atoms with van der Waals surface area (Å²) in [6.07, 6.45) is 0. The molecule has 2 N–H and O–H groups in total. The molecule has 0 saturated heterocycles. The lowest BCUT2D eigenvalue weighted by Gasteiger charge is -2.19. The highest BCUT2D eigenvalue weighted by Crippen LogP contribution is 2.27. The van der Waals surface area contributed by atoms with Crippen LogP contribution in [0, 0.1) is 19.8 Å². The fourth-order valence-corrected chi connectivity index (χ4v) is 1.97. The monoisotopic (exact) mass is 268 g/mol. The van der Waals surface area contributed by atoms with Gasteiger partial charge < -0.3 is 10.6 Å². The van der Waals surface area contributed by atoms with E-state index in [1.807, 2.05) is 32.9 Å². The van der Waals surface area contributed by atoms with Gasteiger partial charge in [0.25, 0.3) is 0 Å². The van der Waals surface area contributed by atoms with Crippen molar-refractivity contribution in [1.82, 2.24) is 5.32 Å². The van der Waals surface area contributed by atoms with Crippen molar-refractivity contribution in [1.29, 1.82) is 0 Å². The van der Waals surface area contributed by atoms with E-state index >= 15 is 0 Å². The predicted molar refractivity (Wildman–Crippen MR) is 77.4 cm³/mol. The van der Waals surface area contributed by atoms with Crippen LogP contribution in [-0.4, -0.2) is 12.1 Å². The highest BCUT2D eigenvalue weighted by atomic mass is 35.5. The Kier molecular flexibility index (Phi) is 5.03. The SMILES string of the molecule is Cc1cc(C)c(NC(=O)N[C@@H](C)C(C)C)c(Cl)c1. The molecular formula is C14H21ClN2O. The first-order valence-electron chi connectivity index (χ1n) is 6.15. The summed E-state index contributed by atoms with van der Waals surface area (Å²) >= 11 is 6.14. The van der Waals surface area contributed by atoms with Gasteiger partial charge in [0, 0.05) is 6.04 Å². The summed E-state index contributed by atoms with van der Waals surface area (Å²) in [7, 11) is 0. The topological polar surface area (TPSA) is 41.1 Å². The highest BCUT2D eigenvalue weighted by Gasteiger charge is 2.13. The van der Waals surface area contributed by atoms with Crippen LogP contribution in [0.3, 0.4) is 0 Å². The van der Waals surface area contributed by atoms with Crippen molar-refractivity contribution in [3.05, 3.63) is 28.3 Å². The van der Waals surface area contributed by atoms with Crippen LogP contribution in [0.25, 0.3) is 0 Å². The van der Waals surface area contributed by atoms with Gasteiger partial charge in [-0.1, -0.05) is 31.5 Å². The van der Waals surface area contributed by atoms with E-state index in [1.165, 1.54) is 0 Å². The maximum atomic E-state index is 11.8. The van der Waals surface area contributed by atoms with Gasteiger partial charge in [-0.25, -0.2) is 4.79 Å². The molecule has 0 unspecified atom stereocenters. The van der Waals surface area contributed by atoms with Crippen molar-refractivity contribution in [2.24, 2.45) is 5.92 Å². The largest absolute Gasteiger partial charge is 0.335 e. The first-order chi connectivity index (χ1) is 8.31. The van der Waals surface area contributed by atoms with E-state index in [4.69, 9.17) is 11.6 Å². The second-order valence-electron chi connectivity index (χ2n) is 5.07. The van der Waals surface area contributed by atoms with E-state index in [2.05, 4.69) is 24.5 Å². The molecule has 100 valence electrons. The number of hydrogen-bond acceptors (Lipinski definition) is 1. The van der Waals surface area contributed by atoms with Crippen molar-refractivity contribution in [3.63, 3.8) is 0 Å². The van der Waals surface area contributed by atoms with Crippen LogP contribution < -0.4 is 10.6 Å². The van der Waals surface area contributed by atoms with E-state index in [0.29, 0.717) is 16.6 Å². The molecule has 0 fully saturated rings. The van der Waals surface area contributed by atoms with Crippen LogP contribution in [-0.2, 0) is 0 Å². The minimum absolute atomic E-state index is 0.120. The molecule has 0 heterocycles. The molecule has 1 rings (SSSR count). The summed E-state index contributed by atoms with van der Waals surface area (Å²) < 4.78 is 0. The molecule has 18 heavy (non-hydrogen) atoms. The first kappa shape index (κ1) is 14.8. The molecule has 1 atom stereocenters. The van der Waals surface area contributed by atoms with Crippen molar-refractivity contribution in [2.75, 3.05) is 5.32 Å². The standard InChI is InChI=1S/C14H21ClN2O/c1-8(2)11(5)16-14(18)17-13-10(4)6-9(3)7-12(13)15/h6-8,11H,1-5H3,(H2,16,17,18)/t11-/m0/s1. The number of amides is 2. The average molecular weight is 269 g/mol. The van der Waals surface area contributed by atoms with Crippen molar-refractivity contribution < 1.29 is 4.79 Å². The van der Waals surface area contributed by atoms with Gasteiger partial charge in [0.1, 0.15) is 0 Å². The minimum Gasteiger partial charge on any atom is -0.335 e. The van der Waals surface area contributed by atoms with E-state index in [0.717, 1.165) is 11.1 Å². The molecule has 2 amide bonds. The molecule has 0 aromatic heterocycles. The Hall–Kier alpha value is -1.22. The lowest BCUT2D eigenvalue weighted by atomic mass is 10.1. The Morgan fingerprint density at radius 1 is 1.22 bits per heavy atom. The summed E-state index contributed by atoms with van der Waals surface area (Å²) in [6, 6.07) is 3.74. The zero-order valence-corrected chi connectivity index (χ0v) is 12.4. The minimum atomic E-state index is -0.218. The van der Waals surface area contributed by atoms with Gasteiger partial charge in [0.05, 0.1) is 10.7 Å². The predicted octanol–water partition coefficient (Wildman–Crippen LogP) is 4.12. The number of benzene rings is 1. The van der Waals surface area contributed by atoms with E-state index < -0.39 is 0 Å². The Labute approximate surface area is 114 Å². The summed E-state index contributed by atoms with van der Waals surface area (Å²) in [5, 5.41) is 6.27. The second-order valence-corrected chi connectivity index (χ2v) is 5.48. The Morgan fingerprint density at radius 3 is 2.33 bits per heavy atom. The third-order valence-electron chi connectivity index (χ3n) is 3.03. The maximum absolute atomic E-state index is 11.8. The molecule has 1 aromatic carbocycles. The number of carbonyl (C=O) groups is 1. The molecule has 0 radical (unpaired) electrons. The lowest BCUT2D eigenvalue weighted by Crippen LogP contribution is -2.39. The number of urea groups is 1. The zero-order chi connectivity index (χ0) is 13.9. The highest BCUT2D eigenvalue weighted by molar-refractivity contribution is 6.34. The molecule has 4 heteroatoms. The van der Waals surface area contributed by atoms with Gasteiger partial charge in [-0.3, -0.25) is 0 Å². The zero-order valence-electron chi connectivity index (χ0n) is 11.6. The van der Waals surface area contributed by atoms with Crippen molar-refractivity contribution in [2.45, 2.75) is 40.7 Å². The summed E-state index contributed by atoms with van der Waals surface area (Å²) in [6.45, 7) is 10.0. The van der Waals surface area contributed by atoms with Crippen LogP contribution >= 0.6 is 11.6 Å². The van der Waals surface area contributed by atoms with Crippen molar-refractivity contribution >= 4 is 23.3 Å². The van der Waals surface area contributed by atoms with Crippen LogP contribution in [0.2, 0.25) is 5.02 Å². The molecule has 1 aromatic rings. The first-order valence-corrected chi connectivity index (χ1v) is 6.53. The third-order valence-corrected chi connectivity index (χ3v) is 3.33. The molecule has 0 bridgehead atoms. The second kappa shape index (κ2) is 6.10. The molecule has 3 nitrogen and oxygen atoms in total. The Morgan fingerprint density at radius 2 is 1.83 bits per heavy atom. The number of halogens is 1. The van der Waals surface area contributed by atoms with Crippen LogP contribution in [0.1, 0.15) is 31.9 Å². The smallest absolute Gasteiger partial charge is 0.319 e. The normalized spacial score (nSPS) is 12.4. The molecule has 0 aliphatic carbocycles. The maximum Gasteiger partial charge on any atom is 0.319 e. The summed E-state index contributed by atoms with van der Waals surface area (Å²) in [5.74, 6) is 0.394. The van der Waals surface area contributed by atoms with Gasteiger partial charge in [0.2, 0.25) is 0 Å². The fraction of sp³-hybridized carbons (Fsp3) is 0.500.